The maximum absolute atomic E-state index is 11.4. The maximum atomic E-state index is 11.4. The second-order valence-corrected chi connectivity index (χ2v) is 4.82. The fourth-order valence-corrected chi connectivity index (χ4v) is 2.43. The number of hydrogen-bond acceptors (Lipinski definition) is 2. The van der Waals surface area contributed by atoms with Crippen LogP contribution in [0.5, 0.6) is 0 Å². The van der Waals surface area contributed by atoms with E-state index in [1.165, 1.54) is 0 Å². The highest BCUT2D eigenvalue weighted by molar-refractivity contribution is 5.93. The van der Waals surface area contributed by atoms with E-state index in [0.717, 1.165) is 16.6 Å². The Labute approximate surface area is 116 Å². The first-order chi connectivity index (χ1) is 9.65. The van der Waals surface area contributed by atoms with Gasteiger partial charge in [-0.1, -0.05) is 29.8 Å². The van der Waals surface area contributed by atoms with Crippen LogP contribution in [0.25, 0.3) is 11.0 Å². The fraction of sp³-hybridized carbons (Fsp3) is 0.125. The molecule has 0 bridgehead atoms. The van der Waals surface area contributed by atoms with E-state index < -0.39 is 5.97 Å². The first-order valence-electron chi connectivity index (χ1n) is 6.38. The number of aromatic nitrogens is 2. The van der Waals surface area contributed by atoms with Crippen LogP contribution in [0.4, 0.5) is 0 Å². The molecule has 0 radical (unpaired) electrons. The molecule has 20 heavy (non-hydrogen) atoms. The molecule has 0 fully saturated rings. The summed E-state index contributed by atoms with van der Waals surface area (Å²) in [6.45, 7) is 2.55. The molecule has 3 rings (SSSR count). The number of nitrogens with zero attached hydrogens (tertiary/aromatic N) is 2. The molecule has 0 aliphatic carbocycles. The van der Waals surface area contributed by atoms with Crippen molar-refractivity contribution >= 4 is 17.0 Å². The van der Waals surface area contributed by atoms with Gasteiger partial charge in [0.15, 0.2) is 0 Å². The Hall–Kier alpha value is -2.62. The molecule has 2 heterocycles. The largest absolute Gasteiger partial charge is 0.477 e. The van der Waals surface area contributed by atoms with Crippen molar-refractivity contribution in [2.24, 2.45) is 0 Å². The number of hydrogen-bond donors (Lipinski definition) is 1. The number of carboxylic acid groups (broad SMARTS) is 1. The zero-order chi connectivity index (χ0) is 14.1. The van der Waals surface area contributed by atoms with Crippen molar-refractivity contribution < 1.29 is 9.90 Å². The predicted molar refractivity (Wildman–Crippen MR) is 77.0 cm³/mol. The monoisotopic (exact) mass is 266 g/mol. The van der Waals surface area contributed by atoms with E-state index in [2.05, 4.69) is 11.1 Å². The van der Waals surface area contributed by atoms with Gasteiger partial charge in [0.2, 0.25) is 0 Å². The third kappa shape index (κ3) is 2.16. The summed E-state index contributed by atoms with van der Waals surface area (Å²) < 4.78 is 1.79. The van der Waals surface area contributed by atoms with E-state index in [-0.39, 0.29) is 5.69 Å². The van der Waals surface area contributed by atoms with E-state index >= 15 is 0 Å². The van der Waals surface area contributed by atoms with E-state index in [4.69, 9.17) is 0 Å². The predicted octanol–water partition coefficient (Wildman–Crippen LogP) is 3.09. The Morgan fingerprint density at radius 3 is 2.85 bits per heavy atom. The van der Waals surface area contributed by atoms with Crippen LogP contribution in [0.3, 0.4) is 0 Å². The van der Waals surface area contributed by atoms with Gasteiger partial charge in [0.25, 0.3) is 0 Å². The van der Waals surface area contributed by atoms with Crippen molar-refractivity contribution in [2.75, 3.05) is 0 Å². The van der Waals surface area contributed by atoms with Crippen LogP contribution in [0.2, 0.25) is 0 Å². The molecular formula is C16H14N2O2. The van der Waals surface area contributed by atoms with Gasteiger partial charge in [0.1, 0.15) is 5.69 Å². The number of aryl methyl sites for hydroxylation is 1. The van der Waals surface area contributed by atoms with E-state index in [0.29, 0.717) is 12.1 Å². The second kappa shape index (κ2) is 4.81. The number of carboxylic acids is 1. The van der Waals surface area contributed by atoms with Gasteiger partial charge >= 0.3 is 5.97 Å². The Bertz CT molecular complexity index is 790. The molecule has 100 valence electrons. The first-order valence-corrected chi connectivity index (χ1v) is 6.38. The molecule has 0 unspecified atom stereocenters. The van der Waals surface area contributed by atoms with Crippen LogP contribution >= 0.6 is 0 Å². The summed E-state index contributed by atoms with van der Waals surface area (Å²) in [4.78, 5) is 15.6. The number of benzene rings is 1. The number of aromatic carboxylic acids is 1. The molecule has 0 saturated carbocycles. The summed E-state index contributed by atoms with van der Waals surface area (Å²) in [5.41, 5.74) is 4.05. The van der Waals surface area contributed by atoms with Crippen LogP contribution in [0.1, 0.15) is 21.6 Å². The molecule has 0 amide bonds. The van der Waals surface area contributed by atoms with E-state index in [1.807, 2.05) is 37.3 Å². The summed E-state index contributed by atoms with van der Waals surface area (Å²) in [5.74, 6) is -0.935. The molecule has 4 nitrogen and oxygen atoms in total. The van der Waals surface area contributed by atoms with Gasteiger partial charge in [-0.05, 0) is 30.7 Å². The molecule has 4 heteroatoms. The summed E-state index contributed by atoms with van der Waals surface area (Å²) in [7, 11) is 0. The van der Waals surface area contributed by atoms with E-state index in [1.54, 1.807) is 16.8 Å². The van der Waals surface area contributed by atoms with Gasteiger partial charge < -0.3 is 9.67 Å². The summed E-state index contributed by atoms with van der Waals surface area (Å²) in [5, 5.41) is 9.35. The Balaban J connectivity index is 2.14. The summed E-state index contributed by atoms with van der Waals surface area (Å²) >= 11 is 0. The molecule has 2 aromatic heterocycles. The highest BCUT2D eigenvalue weighted by atomic mass is 16.4. The highest BCUT2D eigenvalue weighted by Gasteiger charge is 2.15. The molecule has 0 saturated heterocycles. The van der Waals surface area contributed by atoms with Crippen molar-refractivity contribution in [2.45, 2.75) is 13.5 Å². The van der Waals surface area contributed by atoms with Crippen molar-refractivity contribution in [3.8, 4) is 0 Å². The standard InChI is InChI=1S/C16H14N2O2/c1-11-4-2-5-12(8-11)10-18-14-6-3-7-17-13(14)9-15(18)16(19)20/h2-9H,10H2,1H3,(H,19,20). The van der Waals surface area contributed by atoms with Crippen LogP contribution < -0.4 is 0 Å². The smallest absolute Gasteiger partial charge is 0.352 e. The lowest BCUT2D eigenvalue weighted by Gasteiger charge is -2.09. The highest BCUT2D eigenvalue weighted by Crippen LogP contribution is 2.20. The molecule has 0 aliphatic heterocycles. The third-order valence-corrected chi connectivity index (χ3v) is 3.31. The van der Waals surface area contributed by atoms with E-state index in [9.17, 15) is 9.90 Å². The minimum atomic E-state index is -0.935. The van der Waals surface area contributed by atoms with Gasteiger partial charge in [0.05, 0.1) is 11.0 Å². The number of fused-ring (bicyclic) bond motifs is 1. The molecule has 1 aromatic carbocycles. The Kier molecular flexibility index (Phi) is 2.99. The third-order valence-electron chi connectivity index (χ3n) is 3.31. The molecule has 1 N–H and O–H groups in total. The minimum Gasteiger partial charge on any atom is -0.477 e. The quantitative estimate of drug-likeness (QED) is 0.792. The van der Waals surface area contributed by atoms with Gasteiger partial charge in [-0.2, -0.15) is 0 Å². The number of carbonyl (C=O) groups is 1. The molecule has 0 aliphatic rings. The molecule has 3 aromatic rings. The van der Waals surface area contributed by atoms with Gasteiger partial charge in [0, 0.05) is 12.7 Å². The van der Waals surface area contributed by atoms with Crippen molar-refractivity contribution in [3.05, 3.63) is 65.5 Å². The average molecular weight is 266 g/mol. The fourth-order valence-electron chi connectivity index (χ4n) is 2.43. The maximum Gasteiger partial charge on any atom is 0.352 e. The van der Waals surface area contributed by atoms with Crippen LogP contribution in [0, 0.1) is 6.92 Å². The zero-order valence-corrected chi connectivity index (χ0v) is 11.1. The second-order valence-electron chi connectivity index (χ2n) is 4.82. The average Bonchev–Trinajstić information content (AvgIpc) is 2.78. The lowest BCUT2D eigenvalue weighted by Crippen LogP contribution is -2.09. The number of rotatable bonds is 3. The van der Waals surface area contributed by atoms with Crippen molar-refractivity contribution in [3.63, 3.8) is 0 Å². The topological polar surface area (TPSA) is 55.1 Å². The van der Waals surface area contributed by atoms with Crippen LogP contribution in [-0.4, -0.2) is 20.6 Å². The van der Waals surface area contributed by atoms with Crippen molar-refractivity contribution in [1.82, 2.24) is 9.55 Å². The Morgan fingerprint density at radius 2 is 2.10 bits per heavy atom. The normalized spacial score (nSPS) is 10.8. The molecular weight excluding hydrogens is 252 g/mol. The molecule has 0 spiro atoms. The van der Waals surface area contributed by atoms with Gasteiger partial charge in [-0.3, -0.25) is 4.98 Å². The summed E-state index contributed by atoms with van der Waals surface area (Å²) in [6, 6.07) is 13.4. The van der Waals surface area contributed by atoms with Gasteiger partial charge in [-0.15, -0.1) is 0 Å². The number of pyridine rings is 1. The lowest BCUT2D eigenvalue weighted by molar-refractivity contribution is 0.0686. The van der Waals surface area contributed by atoms with Crippen LogP contribution in [0.15, 0.2) is 48.7 Å². The summed E-state index contributed by atoms with van der Waals surface area (Å²) in [6.07, 6.45) is 1.67. The SMILES string of the molecule is Cc1cccc(Cn2c(C(=O)O)cc3ncccc32)c1. The molecule has 0 atom stereocenters. The van der Waals surface area contributed by atoms with Crippen molar-refractivity contribution in [1.29, 1.82) is 0 Å². The van der Waals surface area contributed by atoms with Crippen LogP contribution in [-0.2, 0) is 6.54 Å². The van der Waals surface area contributed by atoms with Gasteiger partial charge in [-0.25, -0.2) is 4.79 Å². The minimum absolute atomic E-state index is 0.264. The lowest BCUT2D eigenvalue weighted by atomic mass is 10.1. The zero-order valence-electron chi connectivity index (χ0n) is 11.1. The Morgan fingerprint density at radius 1 is 1.25 bits per heavy atom. The first kappa shape index (κ1) is 12.4.